The van der Waals surface area contributed by atoms with E-state index in [0.717, 1.165) is 11.6 Å². The minimum absolute atomic E-state index is 0.00789. The fourth-order valence-electron chi connectivity index (χ4n) is 2.64. The number of amides is 1. The Labute approximate surface area is 140 Å². The molecule has 2 heterocycles. The molecule has 0 fully saturated rings. The van der Waals surface area contributed by atoms with Crippen LogP contribution in [0.25, 0.3) is 0 Å². The van der Waals surface area contributed by atoms with Crippen LogP contribution in [0.2, 0.25) is 0 Å². The van der Waals surface area contributed by atoms with E-state index in [2.05, 4.69) is 4.98 Å². The summed E-state index contributed by atoms with van der Waals surface area (Å²) in [6.45, 7) is 3.43. The molecule has 0 aliphatic carbocycles. The van der Waals surface area contributed by atoms with E-state index in [1.165, 1.54) is 13.0 Å². The fraction of sp³-hybridized carbons (Fsp3) is 0.278. The van der Waals surface area contributed by atoms with Crippen molar-refractivity contribution in [1.82, 2.24) is 14.5 Å². The first-order valence-electron chi connectivity index (χ1n) is 7.84. The second-order valence-corrected chi connectivity index (χ2v) is 5.55. The van der Waals surface area contributed by atoms with Crippen LogP contribution in [-0.4, -0.2) is 39.3 Å². The van der Waals surface area contributed by atoms with E-state index in [1.54, 1.807) is 17.2 Å². The van der Waals surface area contributed by atoms with Gasteiger partial charge in [0, 0.05) is 26.1 Å². The monoisotopic (exact) mass is 325 g/mol. The number of nitrogens with zero attached hydrogens (tertiary/aromatic N) is 3. The summed E-state index contributed by atoms with van der Waals surface area (Å²) in [7, 11) is 0. The maximum absolute atomic E-state index is 12.2. The van der Waals surface area contributed by atoms with E-state index in [0.29, 0.717) is 31.9 Å². The lowest BCUT2D eigenvalue weighted by Crippen LogP contribution is -2.38. The van der Waals surface area contributed by atoms with Gasteiger partial charge in [0.25, 0.3) is 0 Å². The number of benzene rings is 1. The van der Waals surface area contributed by atoms with Crippen LogP contribution in [0.4, 0.5) is 0 Å². The van der Waals surface area contributed by atoms with Gasteiger partial charge in [-0.3, -0.25) is 9.59 Å². The highest BCUT2D eigenvalue weighted by Gasteiger charge is 2.23. The summed E-state index contributed by atoms with van der Waals surface area (Å²) in [4.78, 5) is 29.7. The van der Waals surface area contributed by atoms with Gasteiger partial charge < -0.3 is 14.2 Å². The van der Waals surface area contributed by atoms with Crippen molar-refractivity contribution in [3.05, 3.63) is 60.2 Å². The molecule has 0 atom stereocenters. The molecule has 6 nitrogen and oxygen atoms in total. The Hall–Kier alpha value is -2.89. The molecule has 24 heavy (non-hydrogen) atoms. The summed E-state index contributed by atoms with van der Waals surface area (Å²) < 4.78 is 7.40. The number of rotatable bonds is 5. The Morgan fingerprint density at radius 1 is 1.25 bits per heavy atom. The maximum atomic E-state index is 12.2. The SMILES string of the molecule is CC(=O)c1cnc2n1CCN(C(=O)/C=C/COc1ccccc1)C2. The topological polar surface area (TPSA) is 64.4 Å². The third-order valence-electron chi connectivity index (χ3n) is 3.89. The zero-order valence-electron chi connectivity index (χ0n) is 13.5. The molecule has 124 valence electrons. The molecule has 1 amide bonds. The molecule has 0 spiro atoms. The molecule has 1 aliphatic rings. The molecule has 6 heteroatoms. The maximum Gasteiger partial charge on any atom is 0.246 e. The van der Waals surface area contributed by atoms with Crippen LogP contribution in [0.1, 0.15) is 23.2 Å². The van der Waals surface area contributed by atoms with Crippen molar-refractivity contribution in [2.45, 2.75) is 20.0 Å². The van der Waals surface area contributed by atoms with E-state index in [1.807, 2.05) is 34.9 Å². The molecule has 0 radical (unpaired) electrons. The van der Waals surface area contributed by atoms with Crippen molar-refractivity contribution < 1.29 is 14.3 Å². The van der Waals surface area contributed by atoms with Crippen molar-refractivity contribution in [2.24, 2.45) is 0 Å². The van der Waals surface area contributed by atoms with Crippen molar-refractivity contribution >= 4 is 11.7 Å². The number of carbonyl (C=O) groups is 2. The number of ketones is 1. The van der Waals surface area contributed by atoms with Gasteiger partial charge in [0.15, 0.2) is 5.78 Å². The van der Waals surface area contributed by atoms with Crippen LogP contribution in [0.5, 0.6) is 5.75 Å². The second-order valence-electron chi connectivity index (χ2n) is 5.55. The second kappa shape index (κ2) is 7.12. The number of imidazole rings is 1. The Balaban J connectivity index is 1.54. The molecule has 1 aromatic carbocycles. The first-order chi connectivity index (χ1) is 11.6. The Kier molecular flexibility index (Phi) is 4.74. The van der Waals surface area contributed by atoms with Gasteiger partial charge in [0.2, 0.25) is 5.91 Å². The van der Waals surface area contributed by atoms with Crippen LogP contribution in [0.3, 0.4) is 0 Å². The van der Waals surface area contributed by atoms with Crippen molar-refractivity contribution in [3.63, 3.8) is 0 Å². The summed E-state index contributed by atoms with van der Waals surface area (Å²) >= 11 is 0. The molecule has 0 unspecified atom stereocenters. The molecule has 2 aromatic rings. The minimum atomic E-state index is -0.0784. The van der Waals surface area contributed by atoms with Crippen LogP contribution < -0.4 is 4.74 Å². The van der Waals surface area contributed by atoms with Gasteiger partial charge in [-0.15, -0.1) is 0 Å². The largest absolute Gasteiger partial charge is 0.490 e. The molecule has 0 N–H and O–H groups in total. The van der Waals surface area contributed by atoms with E-state index >= 15 is 0 Å². The van der Waals surface area contributed by atoms with E-state index in [9.17, 15) is 9.59 Å². The van der Waals surface area contributed by atoms with E-state index < -0.39 is 0 Å². The summed E-state index contributed by atoms with van der Waals surface area (Å²) in [6.07, 6.45) is 4.81. The third kappa shape index (κ3) is 3.53. The Bertz CT molecular complexity index is 765. The third-order valence-corrected chi connectivity index (χ3v) is 3.89. The number of aromatic nitrogens is 2. The molecular formula is C18H19N3O3. The summed E-state index contributed by atoms with van der Waals surface area (Å²) in [5.41, 5.74) is 0.601. The highest BCUT2D eigenvalue weighted by atomic mass is 16.5. The summed E-state index contributed by atoms with van der Waals surface area (Å²) in [5, 5.41) is 0. The van der Waals surface area contributed by atoms with Gasteiger partial charge >= 0.3 is 0 Å². The standard InChI is InChI=1S/C18H19N3O3/c1-14(22)16-12-19-17-13-20(9-10-21(16)17)18(23)8-5-11-24-15-6-3-2-4-7-15/h2-8,12H,9-11,13H2,1H3/b8-5+. The molecule has 0 saturated heterocycles. The van der Waals surface area contributed by atoms with Crippen LogP contribution in [0, 0.1) is 0 Å². The smallest absolute Gasteiger partial charge is 0.246 e. The predicted molar refractivity (Wildman–Crippen MR) is 88.7 cm³/mol. The summed E-state index contributed by atoms with van der Waals surface area (Å²) in [6, 6.07) is 9.45. The number of hydrogen-bond donors (Lipinski definition) is 0. The first-order valence-corrected chi connectivity index (χ1v) is 7.84. The normalized spacial score (nSPS) is 13.8. The van der Waals surface area contributed by atoms with Crippen molar-refractivity contribution in [3.8, 4) is 5.75 Å². The lowest BCUT2D eigenvalue weighted by molar-refractivity contribution is -0.127. The van der Waals surface area contributed by atoms with Gasteiger partial charge in [-0.05, 0) is 18.2 Å². The van der Waals surface area contributed by atoms with Gasteiger partial charge in [-0.1, -0.05) is 18.2 Å². The zero-order chi connectivity index (χ0) is 16.9. The zero-order valence-corrected chi connectivity index (χ0v) is 13.5. The fourth-order valence-corrected chi connectivity index (χ4v) is 2.64. The number of hydrogen-bond acceptors (Lipinski definition) is 4. The summed E-state index contributed by atoms with van der Waals surface area (Å²) in [5.74, 6) is 1.43. The lowest BCUT2D eigenvalue weighted by atomic mass is 10.3. The van der Waals surface area contributed by atoms with Gasteiger partial charge in [-0.25, -0.2) is 4.98 Å². The van der Waals surface area contributed by atoms with Crippen molar-refractivity contribution in [2.75, 3.05) is 13.2 Å². The molecule has 0 bridgehead atoms. The van der Waals surface area contributed by atoms with Crippen LogP contribution in [0.15, 0.2) is 48.7 Å². The number of Topliss-reactive ketones (excluding diaryl/α,β-unsaturated/α-hetero) is 1. The van der Waals surface area contributed by atoms with Gasteiger partial charge in [0.05, 0.1) is 12.7 Å². The first kappa shape index (κ1) is 16.0. The number of carbonyl (C=O) groups excluding carboxylic acids is 2. The predicted octanol–water partition coefficient (Wildman–Crippen LogP) is 2.06. The number of ether oxygens (including phenoxy) is 1. The molecule has 3 rings (SSSR count). The van der Waals surface area contributed by atoms with Gasteiger partial charge in [-0.2, -0.15) is 0 Å². The highest BCUT2D eigenvalue weighted by Crippen LogP contribution is 2.15. The quantitative estimate of drug-likeness (QED) is 0.623. The molecule has 1 aromatic heterocycles. The van der Waals surface area contributed by atoms with Crippen LogP contribution >= 0.6 is 0 Å². The Morgan fingerprint density at radius 3 is 2.79 bits per heavy atom. The van der Waals surface area contributed by atoms with Crippen molar-refractivity contribution in [1.29, 1.82) is 0 Å². The van der Waals surface area contributed by atoms with Gasteiger partial charge in [0.1, 0.15) is 23.9 Å². The number of fused-ring (bicyclic) bond motifs is 1. The van der Waals surface area contributed by atoms with E-state index in [-0.39, 0.29) is 11.7 Å². The average molecular weight is 325 g/mol. The lowest BCUT2D eigenvalue weighted by Gasteiger charge is -2.27. The Morgan fingerprint density at radius 2 is 2.04 bits per heavy atom. The minimum Gasteiger partial charge on any atom is -0.490 e. The molecule has 1 aliphatic heterocycles. The van der Waals surface area contributed by atoms with E-state index in [4.69, 9.17) is 4.74 Å². The molecule has 0 saturated carbocycles. The molecular weight excluding hydrogens is 306 g/mol. The average Bonchev–Trinajstić information content (AvgIpc) is 3.03. The van der Waals surface area contributed by atoms with Crippen LogP contribution in [-0.2, 0) is 17.9 Å². The highest BCUT2D eigenvalue weighted by molar-refractivity contribution is 5.92. The number of para-hydroxylation sites is 1.